The van der Waals surface area contributed by atoms with Crippen LogP contribution in [0.15, 0.2) is 34.3 Å². The van der Waals surface area contributed by atoms with E-state index in [4.69, 9.17) is 11.6 Å². The molecule has 2 rings (SSSR count). The Labute approximate surface area is 97.6 Å². The Morgan fingerprint density at radius 1 is 1.67 bits per heavy atom. The molecule has 3 nitrogen and oxygen atoms in total. The molecule has 0 fully saturated rings. The molecule has 1 unspecified atom stereocenters. The van der Waals surface area contributed by atoms with Gasteiger partial charge in [-0.05, 0) is 6.07 Å². The molecule has 0 saturated heterocycles. The van der Waals surface area contributed by atoms with Crippen molar-refractivity contribution in [3.05, 3.63) is 35.0 Å². The molecule has 2 heterocycles. The molecule has 0 amide bonds. The summed E-state index contributed by atoms with van der Waals surface area (Å²) in [7, 11) is -1.30. The van der Waals surface area contributed by atoms with Gasteiger partial charge < -0.3 is 0 Å². The Hall–Kier alpha value is -1.000. The van der Waals surface area contributed by atoms with Gasteiger partial charge in [-0.2, -0.15) is 0 Å². The molecule has 2 aromatic rings. The zero-order valence-corrected chi connectivity index (χ0v) is 9.83. The highest BCUT2D eigenvalue weighted by molar-refractivity contribution is 7.90. The molecule has 0 aliphatic heterocycles. The second-order valence-corrected chi connectivity index (χ2v) is 5.52. The third-order valence-corrected chi connectivity index (χ3v) is 4.11. The van der Waals surface area contributed by atoms with E-state index < -0.39 is 10.8 Å². The third-order valence-electron chi connectivity index (χ3n) is 1.56. The van der Waals surface area contributed by atoms with E-state index in [9.17, 15) is 4.21 Å². The van der Waals surface area contributed by atoms with Crippen molar-refractivity contribution in [2.45, 2.75) is 4.34 Å². The second kappa shape index (κ2) is 4.24. The maximum absolute atomic E-state index is 11.5. The summed E-state index contributed by atoms with van der Waals surface area (Å²) >= 11 is 7.08. The summed E-state index contributed by atoms with van der Waals surface area (Å²) in [6, 6.07) is 1.75. The van der Waals surface area contributed by atoms with Gasteiger partial charge in [-0.1, -0.05) is 18.2 Å². The van der Waals surface area contributed by atoms with Gasteiger partial charge in [0.2, 0.25) is 0 Å². The van der Waals surface area contributed by atoms with Gasteiger partial charge in [0, 0.05) is 6.20 Å². The summed E-state index contributed by atoms with van der Waals surface area (Å²) < 4.78 is 12.8. The number of rotatable bonds is 2. The van der Waals surface area contributed by atoms with Gasteiger partial charge in [-0.3, -0.25) is 0 Å². The van der Waals surface area contributed by atoms with Gasteiger partial charge in [0.25, 0.3) is 0 Å². The largest absolute Gasteiger partial charge is 0.247 e. The Morgan fingerprint density at radius 3 is 3.20 bits per heavy atom. The van der Waals surface area contributed by atoms with Gasteiger partial charge >= 0.3 is 0 Å². The van der Waals surface area contributed by atoms with Gasteiger partial charge in [0.1, 0.15) is 10.8 Å². The summed E-state index contributed by atoms with van der Waals surface area (Å²) in [5.74, 6) is 0. The van der Waals surface area contributed by atoms with Crippen LogP contribution in [0.2, 0.25) is 5.02 Å². The summed E-state index contributed by atoms with van der Waals surface area (Å²) in [5.41, 5.74) is 3.03. The number of nitrogens with zero attached hydrogens (tertiary/aromatic N) is 2. The van der Waals surface area contributed by atoms with Crippen LogP contribution in [0, 0.1) is 0 Å². The summed E-state index contributed by atoms with van der Waals surface area (Å²) in [6.45, 7) is 3.36. The van der Waals surface area contributed by atoms with Crippen LogP contribution >= 0.6 is 22.9 Å². The Kier molecular flexibility index (Phi) is 2.98. The fourth-order valence-corrected chi connectivity index (χ4v) is 3.08. The van der Waals surface area contributed by atoms with Crippen LogP contribution in [0.1, 0.15) is 0 Å². The summed E-state index contributed by atoms with van der Waals surface area (Å²) in [4.78, 5) is 8.15. The molecule has 0 bridgehead atoms. The summed E-state index contributed by atoms with van der Waals surface area (Å²) in [5, 5.41) is 1.90. The molecule has 15 heavy (non-hydrogen) atoms. The Bertz CT molecular complexity index is 587. The van der Waals surface area contributed by atoms with E-state index in [1.54, 1.807) is 6.07 Å². The van der Waals surface area contributed by atoms with Crippen molar-refractivity contribution in [2.24, 2.45) is 0 Å². The lowest BCUT2D eigenvalue weighted by Gasteiger charge is -1.85. The predicted octanol–water partition coefficient (Wildman–Crippen LogP) is 2.75. The lowest BCUT2D eigenvalue weighted by atomic mass is 10.5. The van der Waals surface area contributed by atoms with E-state index in [-0.39, 0.29) is 0 Å². The molecule has 0 aliphatic rings. The number of pyridine rings is 1. The van der Waals surface area contributed by atoms with Gasteiger partial charge in [0.05, 0.1) is 15.1 Å². The molecule has 6 heteroatoms. The van der Waals surface area contributed by atoms with E-state index in [1.165, 1.54) is 22.9 Å². The van der Waals surface area contributed by atoms with Crippen LogP contribution in [0.5, 0.6) is 0 Å². The highest BCUT2D eigenvalue weighted by atomic mass is 35.5. The lowest BCUT2D eigenvalue weighted by molar-refractivity contribution is 0.688. The van der Waals surface area contributed by atoms with Crippen molar-refractivity contribution in [2.75, 3.05) is 0 Å². The van der Waals surface area contributed by atoms with Crippen molar-refractivity contribution in [1.82, 2.24) is 9.97 Å². The standard InChI is InChI=1S/C9H5ClN2OS2/c1-2-3-15(13)9-12-8-7(14-9)4-6(10)5-11-8/h3-5H,1H2. The average Bonchev–Trinajstić information content (AvgIpc) is 2.60. The van der Waals surface area contributed by atoms with E-state index in [1.807, 2.05) is 0 Å². The van der Waals surface area contributed by atoms with Crippen molar-refractivity contribution >= 4 is 44.1 Å². The maximum Gasteiger partial charge on any atom is 0.188 e. The topological polar surface area (TPSA) is 42.9 Å². The molecule has 1 atom stereocenters. The quantitative estimate of drug-likeness (QED) is 0.776. The van der Waals surface area contributed by atoms with Crippen molar-refractivity contribution < 1.29 is 4.21 Å². The van der Waals surface area contributed by atoms with Crippen molar-refractivity contribution in [3.63, 3.8) is 0 Å². The van der Waals surface area contributed by atoms with E-state index >= 15 is 0 Å². The predicted molar refractivity (Wildman–Crippen MR) is 62.5 cm³/mol. The minimum atomic E-state index is -1.30. The highest BCUT2D eigenvalue weighted by Crippen LogP contribution is 2.25. The SMILES string of the molecule is C=C=CS(=O)c1nc2ncc(Cl)cc2s1. The number of hydrogen-bond donors (Lipinski definition) is 0. The molecule has 0 saturated carbocycles. The third kappa shape index (κ3) is 2.16. The first-order valence-corrected chi connectivity index (χ1v) is 6.30. The molecule has 76 valence electrons. The highest BCUT2D eigenvalue weighted by Gasteiger charge is 2.09. The molecular weight excluding hydrogens is 252 g/mol. The van der Waals surface area contributed by atoms with Gasteiger partial charge in [0.15, 0.2) is 9.99 Å². The first-order valence-electron chi connectivity index (χ1n) is 3.89. The van der Waals surface area contributed by atoms with Crippen molar-refractivity contribution in [1.29, 1.82) is 0 Å². The van der Waals surface area contributed by atoms with Crippen LogP contribution in [-0.4, -0.2) is 14.2 Å². The van der Waals surface area contributed by atoms with Crippen LogP contribution in [0.4, 0.5) is 0 Å². The van der Waals surface area contributed by atoms with E-state index in [0.717, 1.165) is 4.70 Å². The van der Waals surface area contributed by atoms with Crippen LogP contribution in [0.3, 0.4) is 0 Å². The van der Waals surface area contributed by atoms with Crippen molar-refractivity contribution in [3.8, 4) is 0 Å². The molecule has 2 aromatic heterocycles. The monoisotopic (exact) mass is 256 g/mol. The first kappa shape index (κ1) is 10.5. The summed E-state index contributed by atoms with van der Waals surface area (Å²) in [6.07, 6.45) is 1.51. The van der Waals surface area contributed by atoms with Crippen LogP contribution in [0.25, 0.3) is 10.3 Å². The zero-order chi connectivity index (χ0) is 10.8. The first-order chi connectivity index (χ1) is 7.20. The fourth-order valence-electron chi connectivity index (χ4n) is 0.988. The van der Waals surface area contributed by atoms with E-state index in [2.05, 4.69) is 22.3 Å². The van der Waals surface area contributed by atoms with Crippen LogP contribution < -0.4 is 0 Å². The molecular formula is C9H5ClN2OS2. The Balaban J connectivity index is 2.56. The molecule has 0 aromatic carbocycles. The molecule has 0 aliphatic carbocycles. The van der Waals surface area contributed by atoms with Gasteiger partial charge in [-0.15, -0.1) is 17.1 Å². The fraction of sp³-hybridized carbons (Fsp3) is 0. The number of halogens is 1. The number of thiazole rings is 1. The van der Waals surface area contributed by atoms with Crippen LogP contribution in [-0.2, 0) is 10.8 Å². The number of hydrogen-bond acceptors (Lipinski definition) is 4. The second-order valence-electron chi connectivity index (χ2n) is 2.57. The molecule has 0 spiro atoms. The normalized spacial score (nSPS) is 12.3. The smallest absolute Gasteiger partial charge is 0.188 e. The minimum absolute atomic E-state index is 0.482. The maximum atomic E-state index is 11.5. The molecule has 0 N–H and O–H groups in total. The molecule has 0 radical (unpaired) electrons. The zero-order valence-electron chi connectivity index (χ0n) is 7.44. The minimum Gasteiger partial charge on any atom is -0.247 e. The Morgan fingerprint density at radius 2 is 2.47 bits per heavy atom. The lowest BCUT2D eigenvalue weighted by Crippen LogP contribution is -1.83. The van der Waals surface area contributed by atoms with E-state index in [0.29, 0.717) is 15.0 Å². The number of fused-ring (bicyclic) bond motifs is 1. The van der Waals surface area contributed by atoms with Gasteiger partial charge in [-0.25, -0.2) is 14.2 Å². The number of aromatic nitrogens is 2. The average molecular weight is 257 g/mol.